The summed E-state index contributed by atoms with van der Waals surface area (Å²) in [7, 11) is 1.55. The van der Waals surface area contributed by atoms with Gasteiger partial charge in [0.1, 0.15) is 6.04 Å². The van der Waals surface area contributed by atoms with Crippen molar-refractivity contribution in [3.63, 3.8) is 0 Å². The van der Waals surface area contributed by atoms with Crippen molar-refractivity contribution in [2.45, 2.75) is 32.7 Å². The van der Waals surface area contributed by atoms with Crippen molar-refractivity contribution in [3.05, 3.63) is 48.0 Å². The van der Waals surface area contributed by atoms with E-state index in [9.17, 15) is 14.4 Å². The summed E-state index contributed by atoms with van der Waals surface area (Å²) >= 11 is 0. The number of carbonyl (C=O) groups is 3. The van der Waals surface area contributed by atoms with E-state index in [-0.39, 0.29) is 36.6 Å². The molecule has 0 aliphatic heterocycles. The van der Waals surface area contributed by atoms with Crippen LogP contribution in [-0.2, 0) is 9.59 Å². The molecule has 3 N–H and O–H groups in total. The molecule has 0 saturated carbocycles. The van der Waals surface area contributed by atoms with Crippen LogP contribution in [0.25, 0.3) is 10.8 Å². The first-order valence-electron chi connectivity index (χ1n) is 9.18. The minimum Gasteiger partial charge on any atom is -0.357 e. The SMILES string of the molecule is CNC(=O)C(CC(C)C)NC(=O)CCNC(=O)c1ccc2ccccc2c1. The molecule has 0 spiro atoms. The number of nitrogens with one attached hydrogen (secondary N) is 3. The monoisotopic (exact) mass is 369 g/mol. The molecule has 6 nitrogen and oxygen atoms in total. The number of fused-ring (bicyclic) bond motifs is 1. The van der Waals surface area contributed by atoms with Crippen molar-refractivity contribution in [1.29, 1.82) is 0 Å². The molecule has 0 saturated heterocycles. The van der Waals surface area contributed by atoms with Gasteiger partial charge in [0.25, 0.3) is 5.91 Å². The molecule has 0 bridgehead atoms. The van der Waals surface area contributed by atoms with Crippen molar-refractivity contribution in [2.75, 3.05) is 13.6 Å². The van der Waals surface area contributed by atoms with Crippen LogP contribution in [0.2, 0.25) is 0 Å². The number of hydrogen-bond acceptors (Lipinski definition) is 3. The maximum Gasteiger partial charge on any atom is 0.251 e. The number of amides is 3. The predicted molar refractivity (Wildman–Crippen MR) is 106 cm³/mol. The van der Waals surface area contributed by atoms with Gasteiger partial charge in [-0.3, -0.25) is 14.4 Å². The maximum absolute atomic E-state index is 12.3. The minimum absolute atomic E-state index is 0.116. The van der Waals surface area contributed by atoms with Gasteiger partial charge >= 0.3 is 0 Å². The number of carbonyl (C=O) groups excluding carboxylic acids is 3. The quantitative estimate of drug-likeness (QED) is 0.667. The molecule has 2 aromatic rings. The van der Waals surface area contributed by atoms with Crippen LogP contribution in [0.4, 0.5) is 0 Å². The Labute approximate surface area is 159 Å². The Hall–Kier alpha value is -2.89. The lowest BCUT2D eigenvalue weighted by molar-refractivity contribution is -0.129. The Kier molecular flexibility index (Phi) is 7.34. The highest BCUT2D eigenvalue weighted by atomic mass is 16.2. The molecular formula is C21H27N3O3. The number of rotatable bonds is 8. The fourth-order valence-electron chi connectivity index (χ4n) is 2.87. The van der Waals surface area contributed by atoms with Gasteiger partial charge in [0.15, 0.2) is 0 Å². The minimum atomic E-state index is -0.557. The number of benzene rings is 2. The highest BCUT2D eigenvalue weighted by Crippen LogP contribution is 2.15. The zero-order valence-corrected chi connectivity index (χ0v) is 16.0. The largest absolute Gasteiger partial charge is 0.357 e. The molecule has 0 aliphatic rings. The number of hydrogen-bond donors (Lipinski definition) is 3. The van der Waals surface area contributed by atoms with Gasteiger partial charge in [-0.05, 0) is 35.2 Å². The van der Waals surface area contributed by atoms with E-state index in [0.717, 1.165) is 10.8 Å². The first-order valence-corrected chi connectivity index (χ1v) is 9.18. The highest BCUT2D eigenvalue weighted by Gasteiger charge is 2.20. The third-order valence-corrected chi connectivity index (χ3v) is 4.25. The molecule has 1 atom stereocenters. The second-order valence-corrected chi connectivity index (χ2v) is 6.93. The van der Waals surface area contributed by atoms with Crippen LogP contribution in [-0.4, -0.2) is 37.4 Å². The summed E-state index contributed by atoms with van der Waals surface area (Å²) in [4.78, 5) is 36.3. The third kappa shape index (κ3) is 6.09. The normalized spacial score (nSPS) is 11.9. The van der Waals surface area contributed by atoms with E-state index in [0.29, 0.717) is 12.0 Å². The molecule has 144 valence electrons. The Morgan fingerprint density at radius 1 is 1.00 bits per heavy atom. The summed E-state index contributed by atoms with van der Waals surface area (Å²) < 4.78 is 0. The molecule has 0 aliphatic carbocycles. The standard InChI is InChI=1S/C21H27N3O3/c1-14(2)12-18(21(27)22-3)24-19(25)10-11-23-20(26)17-9-8-15-6-4-5-7-16(15)13-17/h4-9,13-14,18H,10-12H2,1-3H3,(H,22,27)(H,23,26)(H,24,25). The van der Waals surface area contributed by atoms with Crippen LogP contribution in [0.15, 0.2) is 42.5 Å². The smallest absolute Gasteiger partial charge is 0.251 e. The summed E-state index contributed by atoms with van der Waals surface area (Å²) in [5.74, 6) is -0.417. The van der Waals surface area contributed by atoms with Gasteiger partial charge in [-0.2, -0.15) is 0 Å². The van der Waals surface area contributed by atoms with Gasteiger partial charge in [0.05, 0.1) is 0 Å². The molecule has 0 aromatic heterocycles. The molecule has 27 heavy (non-hydrogen) atoms. The van der Waals surface area contributed by atoms with E-state index < -0.39 is 6.04 Å². The van der Waals surface area contributed by atoms with Crippen LogP contribution in [0.1, 0.15) is 37.0 Å². The first kappa shape index (κ1) is 20.4. The Balaban J connectivity index is 1.85. The zero-order valence-electron chi connectivity index (χ0n) is 16.0. The molecular weight excluding hydrogens is 342 g/mol. The average molecular weight is 369 g/mol. The van der Waals surface area contributed by atoms with Crippen molar-refractivity contribution < 1.29 is 14.4 Å². The van der Waals surface area contributed by atoms with Gasteiger partial charge in [-0.25, -0.2) is 0 Å². The summed E-state index contributed by atoms with van der Waals surface area (Å²) in [6.07, 6.45) is 0.680. The van der Waals surface area contributed by atoms with Gasteiger partial charge in [0, 0.05) is 25.6 Å². The van der Waals surface area contributed by atoms with Crippen LogP contribution < -0.4 is 16.0 Å². The van der Waals surface area contributed by atoms with Crippen LogP contribution in [0.3, 0.4) is 0 Å². The van der Waals surface area contributed by atoms with Gasteiger partial charge in [-0.1, -0.05) is 44.2 Å². The topological polar surface area (TPSA) is 87.3 Å². The second kappa shape index (κ2) is 9.71. The van der Waals surface area contributed by atoms with Crippen molar-refractivity contribution in [2.24, 2.45) is 5.92 Å². The van der Waals surface area contributed by atoms with E-state index in [1.165, 1.54) is 0 Å². The Bertz CT molecular complexity index is 817. The molecule has 0 heterocycles. The van der Waals surface area contributed by atoms with Crippen molar-refractivity contribution in [1.82, 2.24) is 16.0 Å². The fourth-order valence-corrected chi connectivity index (χ4v) is 2.87. The Morgan fingerprint density at radius 3 is 2.37 bits per heavy atom. The number of likely N-dealkylation sites (N-methyl/N-ethyl adjacent to an activating group) is 1. The second-order valence-electron chi connectivity index (χ2n) is 6.93. The molecule has 6 heteroatoms. The predicted octanol–water partition coefficient (Wildman–Crippen LogP) is 2.24. The maximum atomic E-state index is 12.3. The van der Waals surface area contributed by atoms with E-state index in [2.05, 4.69) is 16.0 Å². The molecule has 0 radical (unpaired) electrons. The molecule has 3 amide bonds. The molecule has 0 fully saturated rings. The van der Waals surface area contributed by atoms with Gasteiger partial charge < -0.3 is 16.0 Å². The average Bonchev–Trinajstić information content (AvgIpc) is 2.65. The summed E-state index contributed by atoms with van der Waals surface area (Å²) in [5.41, 5.74) is 0.553. The molecule has 1 unspecified atom stereocenters. The summed E-state index contributed by atoms with van der Waals surface area (Å²) in [6.45, 7) is 4.19. The lowest BCUT2D eigenvalue weighted by atomic mass is 10.0. The lowest BCUT2D eigenvalue weighted by Gasteiger charge is -2.19. The third-order valence-electron chi connectivity index (χ3n) is 4.25. The van der Waals surface area contributed by atoms with Crippen LogP contribution >= 0.6 is 0 Å². The lowest BCUT2D eigenvalue weighted by Crippen LogP contribution is -2.47. The van der Waals surface area contributed by atoms with E-state index in [1.807, 2.05) is 50.2 Å². The molecule has 2 aromatic carbocycles. The van der Waals surface area contributed by atoms with Gasteiger partial charge in [0.2, 0.25) is 11.8 Å². The fraction of sp³-hybridized carbons (Fsp3) is 0.381. The summed E-state index contributed by atoms with van der Waals surface area (Å²) in [5, 5.41) is 10.1. The van der Waals surface area contributed by atoms with Crippen molar-refractivity contribution in [3.8, 4) is 0 Å². The Morgan fingerprint density at radius 2 is 1.70 bits per heavy atom. The van der Waals surface area contributed by atoms with E-state index in [4.69, 9.17) is 0 Å². The van der Waals surface area contributed by atoms with Crippen LogP contribution in [0.5, 0.6) is 0 Å². The highest BCUT2D eigenvalue weighted by molar-refractivity contribution is 5.98. The first-order chi connectivity index (χ1) is 12.9. The van der Waals surface area contributed by atoms with Crippen molar-refractivity contribution >= 4 is 28.5 Å². The molecule has 2 rings (SSSR count). The van der Waals surface area contributed by atoms with Gasteiger partial charge in [-0.15, -0.1) is 0 Å². The van der Waals surface area contributed by atoms with E-state index in [1.54, 1.807) is 13.1 Å². The zero-order chi connectivity index (χ0) is 19.8. The van der Waals surface area contributed by atoms with Crippen LogP contribution in [0, 0.1) is 5.92 Å². The summed E-state index contributed by atoms with van der Waals surface area (Å²) in [6, 6.07) is 12.8. The van der Waals surface area contributed by atoms with E-state index >= 15 is 0 Å².